The Morgan fingerprint density at radius 3 is 2.93 bits per heavy atom. The highest BCUT2D eigenvalue weighted by molar-refractivity contribution is 5.86. The van der Waals surface area contributed by atoms with Gasteiger partial charge in [0, 0.05) is 13.5 Å². The van der Waals surface area contributed by atoms with Gasteiger partial charge in [0.15, 0.2) is 0 Å². The Kier molecular flexibility index (Phi) is 2.22. The Morgan fingerprint density at radius 1 is 1.67 bits per heavy atom. The monoisotopic (exact) mass is 209 g/mol. The number of nitrogens with zero attached hydrogens (tertiary/aromatic N) is 1. The van der Waals surface area contributed by atoms with Gasteiger partial charge in [0.1, 0.15) is 11.8 Å². The molecule has 1 amide bonds. The van der Waals surface area contributed by atoms with E-state index in [4.69, 9.17) is 9.52 Å². The normalized spacial score (nSPS) is 25.9. The molecule has 1 aliphatic heterocycles. The first-order valence-corrected chi connectivity index (χ1v) is 4.63. The van der Waals surface area contributed by atoms with E-state index < -0.39 is 17.9 Å². The molecule has 1 saturated heterocycles. The summed E-state index contributed by atoms with van der Waals surface area (Å²) in [6.45, 7) is 0. The van der Waals surface area contributed by atoms with Gasteiger partial charge in [-0.05, 0) is 12.1 Å². The number of carboxylic acid groups (broad SMARTS) is 1. The molecule has 15 heavy (non-hydrogen) atoms. The molecule has 0 aromatic carbocycles. The number of likely N-dealkylation sites (tertiary alicyclic amines) is 1. The Labute approximate surface area is 86.3 Å². The first kappa shape index (κ1) is 9.76. The third-order valence-corrected chi connectivity index (χ3v) is 2.74. The molecule has 2 heterocycles. The van der Waals surface area contributed by atoms with Crippen LogP contribution in [0.4, 0.5) is 0 Å². The van der Waals surface area contributed by atoms with E-state index in [-0.39, 0.29) is 12.3 Å². The number of amides is 1. The lowest BCUT2D eigenvalue weighted by atomic mass is 9.99. The summed E-state index contributed by atoms with van der Waals surface area (Å²) in [6.07, 6.45) is 1.52. The molecule has 5 nitrogen and oxygen atoms in total. The minimum Gasteiger partial charge on any atom is -0.481 e. The van der Waals surface area contributed by atoms with Crippen LogP contribution in [0.25, 0.3) is 0 Å². The van der Waals surface area contributed by atoms with E-state index in [1.54, 1.807) is 19.2 Å². The van der Waals surface area contributed by atoms with Crippen molar-refractivity contribution in [2.75, 3.05) is 7.05 Å². The lowest BCUT2D eigenvalue weighted by Crippen LogP contribution is -2.26. The summed E-state index contributed by atoms with van der Waals surface area (Å²) in [5, 5.41) is 9.00. The summed E-state index contributed by atoms with van der Waals surface area (Å²) in [6, 6.07) is 2.89. The molecule has 1 N–H and O–H groups in total. The average molecular weight is 209 g/mol. The molecular formula is C10H11NO4. The quantitative estimate of drug-likeness (QED) is 0.785. The molecule has 80 valence electrons. The predicted molar refractivity (Wildman–Crippen MR) is 50.0 cm³/mol. The third kappa shape index (κ3) is 1.49. The van der Waals surface area contributed by atoms with E-state index in [2.05, 4.69) is 0 Å². The maximum absolute atomic E-state index is 11.4. The summed E-state index contributed by atoms with van der Waals surface area (Å²) in [4.78, 5) is 23.8. The highest BCUT2D eigenvalue weighted by Gasteiger charge is 2.44. The van der Waals surface area contributed by atoms with Crippen molar-refractivity contribution < 1.29 is 19.1 Å². The number of hydrogen-bond donors (Lipinski definition) is 1. The third-order valence-electron chi connectivity index (χ3n) is 2.74. The second-order valence-corrected chi connectivity index (χ2v) is 3.61. The second kappa shape index (κ2) is 3.42. The maximum atomic E-state index is 11.4. The Bertz CT molecular complexity index is 384. The number of aliphatic carboxylic acids is 1. The summed E-state index contributed by atoms with van der Waals surface area (Å²) in [5.74, 6) is -1.32. The SMILES string of the molecule is CN1C(=O)C[C@H](C(=O)O)[C@@H]1c1ccco1. The lowest BCUT2D eigenvalue weighted by molar-refractivity contribution is -0.142. The molecule has 1 aromatic heterocycles. The van der Waals surface area contributed by atoms with Crippen molar-refractivity contribution in [2.45, 2.75) is 12.5 Å². The van der Waals surface area contributed by atoms with Crippen molar-refractivity contribution in [3.63, 3.8) is 0 Å². The van der Waals surface area contributed by atoms with Crippen LogP contribution in [0.15, 0.2) is 22.8 Å². The van der Waals surface area contributed by atoms with Crippen molar-refractivity contribution in [1.29, 1.82) is 0 Å². The predicted octanol–water partition coefficient (Wildman–Crippen LogP) is 0.884. The Morgan fingerprint density at radius 2 is 2.40 bits per heavy atom. The molecule has 0 saturated carbocycles. The Balaban J connectivity index is 2.34. The van der Waals surface area contributed by atoms with Crippen molar-refractivity contribution in [3.05, 3.63) is 24.2 Å². The molecule has 0 bridgehead atoms. The zero-order chi connectivity index (χ0) is 11.0. The molecule has 0 aliphatic carbocycles. The van der Waals surface area contributed by atoms with E-state index in [1.165, 1.54) is 11.2 Å². The van der Waals surface area contributed by atoms with Gasteiger partial charge in [-0.25, -0.2) is 0 Å². The second-order valence-electron chi connectivity index (χ2n) is 3.61. The number of furan rings is 1. The largest absolute Gasteiger partial charge is 0.481 e. The number of rotatable bonds is 2. The van der Waals surface area contributed by atoms with Crippen LogP contribution in [0.5, 0.6) is 0 Å². The zero-order valence-electron chi connectivity index (χ0n) is 8.21. The van der Waals surface area contributed by atoms with Crippen molar-refractivity contribution in [2.24, 2.45) is 5.92 Å². The van der Waals surface area contributed by atoms with Gasteiger partial charge in [-0.2, -0.15) is 0 Å². The van der Waals surface area contributed by atoms with E-state index in [0.717, 1.165) is 0 Å². The molecule has 2 atom stereocenters. The number of carboxylic acids is 1. The van der Waals surface area contributed by atoms with Crippen molar-refractivity contribution in [1.82, 2.24) is 4.90 Å². The fraction of sp³-hybridized carbons (Fsp3) is 0.400. The van der Waals surface area contributed by atoms with Crippen LogP contribution in [-0.4, -0.2) is 28.9 Å². The molecule has 2 rings (SSSR count). The highest BCUT2D eigenvalue weighted by atomic mass is 16.4. The molecule has 1 aromatic rings. The number of hydrogen-bond acceptors (Lipinski definition) is 3. The van der Waals surface area contributed by atoms with Gasteiger partial charge in [0.2, 0.25) is 5.91 Å². The van der Waals surface area contributed by atoms with E-state index >= 15 is 0 Å². The van der Waals surface area contributed by atoms with Crippen LogP contribution < -0.4 is 0 Å². The van der Waals surface area contributed by atoms with Crippen LogP contribution in [0.3, 0.4) is 0 Å². The number of carbonyl (C=O) groups is 2. The van der Waals surface area contributed by atoms with Gasteiger partial charge in [-0.1, -0.05) is 0 Å². The minimum atomic E-state index is -0.964. The summed E-state index contributed by atoms with van der Waals surface area (Å²) in [7, 11) is 1.60. The highest BCUT2D eigenvalue weighted by Crippen LogP contribution is 2.37. The fourth-order valence-corrected chi connectivity index (χ4v) is 1.94. The summed E-state index contributed by atoms with van der Waals surface area (Å²) in [5.41, 5.74) is 0. The number of carbonyl (C=O) groups excluding carboxylic acids is 1. The van der Waals surface area contributed by atoms with Gasteiger partial charge in [0.25, 0.3) is 0 Å². The van der Waals surface area contributed by atoms with Gasteiger partial charge in [-0.15, -0.1) is 0 Å². The Hall–Kier alpha value is -1.78. The summed E-state index contributed by atoms with van der Waals surface area (Å²) < 4.78 is 5.16. The topological polar surface area (TPSA) is 70.8 Å². The summed E-state index contributed by atoms with van der Waals surface area (Å²) >= 11 is 0. The van der Waals surface area contributed by atoms with Crippen LogP contribution >= 0.6 is 0 Å². The average Bonchev–Trinajstić information content (AvgIpc) is 2.76. The molecule has 5 heteroatoms. The molecule has 1 aliphatic rings. The van der Waals surface area contributed by atoms with E-state index in [9.17, 15) is 9.59 Å². The zero-order valence-corrected chi connectivity index (χ0v) is 8.21. The minimum absolute atomic E-state index is 0.0389. The van der Waals surface area contributed by atoms with Gasteiger partial charge in [-0.3, -0.25) is 9.59 Å². The fourth-order valence-electron chi connectivity index (χ4n) is 1.94. The lowest BCUT2D eigenvalue weighted by Gasteiger charge is -2.20. The van der Waals surface area contributed by atoms with Gasteiger partial charge >= 0.3 is 5.97 Å². The maximum Gasteiger partial charge on any atom is 0.309 e. The first-order chi connectivity index (χ1) is 7.11. The van der Waals surface area contributed by atoms with E-state index in [0.29, 0.717) is 5.76 Å². The van der Waals surface area contributed by atoms with Gasteiger partial charge < -0.3 is 14.4 Å². The molecule has 0 spiro atoms. The van der Waals surface area contributed by atoms with Crippen LogP contribution in [0.2, 0.25) is 0 Å². The molecular weight excluding hydrogens is 198 g/mol. The molecule has 1 fully saturated rings. The van der Waals surface area contributed by atoms with Gasteiger partial charge in [0.05, 0.1) is 12.2 Å². The molecule has 0 unspecified atom stereocenters. The molecule has 0 radical (unpaired) electrons. The van der Waals surface area contributed by atoms with Crippen LogP contribution in [0.1, 0.15) is 18.2 Å². The smallest absolute Gasteiger partial charge is 0.309 e. The van der Waals surface area contributed by atoms with E-state index in [1.807, 2.05) is 0 Å². The first-order valence-electron chi connectivity index (χ1n) is 4.63. The van der Waals surface area contributed by atoms with Crippen molar-refractivity contribution >= 4 is 11.9 Å². The van der Waals surface area contributed by atoms with Crippen LogP contribution in [0, 0.1) is 5.92 Å². The standard InChI is InChI=1S/C10H11NO4/c1-11-8(12)5-6(10(13)14)9(11)7-3-2-4-15-7/h2-4,6,9H,5H2,1H3,(H,13,14)/t6-,9+/m0/s1. The van der Waals surface area contributed by atoms with Crippen LogP contribution in [-0.2, 0) is 9.59 Å². The van der Waals surface area contributed by atoms with Crippen molar-refractivity contribution in [3.8, 4) is 0 Å².